The molecule has 0 atom stereocenters. The highest BCUT2D eigenvalue weighted by atomic mass is 127. The molecular weight excluding hydrogens is 413 g/mol. The van der Waals surface area contributed by atoms with Gasteiger partial charge in [0.25, 0.3) is 0 Å². The average Bonchev–Trinajstić information content (AvgIpc) is 2.92. The molecule has 0 unspecified atom stereocenters. The Morgan fingerprint density at radius 3 is 2.62 bits per heavy atom. The van der Waals surface area contributed by atoms with Crippen LogP contribution in [-0.4, -0.2) is 11.9 Å². The maximum absolute atomic E-state index is 12.1. The molecule has 2 aromatic carbocycles. The molecule has 4 heteroatoms. The molecule has 0 aliphatic carbocycles. The van der Waals surface area contributed by atoms with Crippen LogP contribution in [0.1, 0.15) is 23.6 Å². The minimum atomic E-state index is -0.415. The van der Waals surface area contributed by atoms with E-state index in [1.54, 1.807) is 6.08 Å². The standard InChI is InChI=1S/C20H16INO2/c1-13(10-15-6-4-3-5-7-15)11-18-20(23)24-19(22-18)16-8-9-17(21)14(2)12-16/h3-12H,1-2H3/b13-10+,18-11-. The second kappa shape index (κ2) is 7.13. The number of cyclic esters (lactones) is 1. The summed E-state index contributed by atoms with van der Waals surface area (Å²) in [5, 5.41) is 0. The summed E-state index contributed by atoms with van der Waals surface area (Å²) in [6, 6.07) is 15.8. The van der Waals surface area contributed by atoms with Crippen LogP contribution in [0.15, 0.2) is 70.9 Å². The number of halogens is 1. The van der Waals surface area contributed by atoms with Crippen LogP contribution in [0.2, 0.25) is 0 Å². The van der Waals surface area contributed by atoms with Crippen LogP contribution < -0.4 is 0 Å². The summed E-state index contributed by atoms with van der Waals surface area (Å²) < 4.78 is 6.48. The van der Waals surface area contributed by atoms with Gasteiger partial charge >= 0.3 is 5.97 Å². The van der Waals surface area contributed by atoms with E-state index < -0.39 is 5.97 Å². The van der Waals surface area contributed by atoms with Gasteiger partial charge in [0.2, 0.25) is 5.90 Å². The Morgan fingerprint density at radius 2 is 1.92 bits per heavy atom. The largest absolute Gasteiger partial charge is 0.402 e. The van der Waals surface area contributed by atoms with Gasteiger partial charge in [-0.3, -0.25) is 0 Å². The van der Waals surface area contributed by atoms with E-state index in [9.17, 15) is 4.79 Å². The molecule has 2 aromatic rings. The van der Waals surface area contributed by atoms with Gasteiger partial charge in [0.05, 0.1) is 0 Å². The van der Waals surface area contributed by atoms with Gasteiger partial charge in [0.15, 0.2) is 5.70 Å². The van der Waals surface area contributed by atoms with Crippen molar-refractivity contribution in [2.75, 3.05) is 0 Å². The Balaban J connectivity index is 1.88. The fraction of sp³-hybridized carbons (Fsp3) is 0.100. The van der Waals surface area contributed by atoms with Crippen molar-refractivity contribution in [3.05, 3.63) is 86.1 Å². The number of carbonyl (C=O) groups excluding carboxylic acids is 1. The summed E-state index contributed by atoms with van der Waals surface area (Å²) in [6.07, 6.45) is 3.75. The number of ether oxygens (including phenoxy) is 1. The number of aliphatic imine (C=N–C) groups is 1. The zero-order chi connectivity index (χ0) is 17.1. The van der Waals surface area contributed by atoms with Crippen LogP contribution in [-0.2, 0) is 9.53 Å². The van der Waals surface area contributed by atoms with Crippen molar-refractivity contribution in [3.63, 3.8) is 0 Å². The highest BCUT2D eigenvalue weighted by Gasteiger charge is 2.24. The topological polar surface area (TPSA) is 38.7 Å². The van der Waals surface area contributed by atoms with E-state index in [4.69, 9.17) is 4.74 Å². The Labute approximate surface area is 154 Å². The lowest BCUT2D eigenvalue weighted by molar-refractivity contribution is -0.130. The number of allylic oxidation sites excluding steroid dienone is 2. The SMILES string of the molecule is CC(/C=C1\N=C(c2ccc(I)c(C)c2)OC1=O)=C\c1ccccc1. The normalized spacial score (nSPS) is 16.3. The quantitative estimate of drug-likeness (QED) is 0.396. The molecule has 0 fully saturated rings. The third-order valence-electron chi connectivity index (χ3n) is 3.58. The smallest absolute Gasteiger partial charge is 0.363 e. The van der Waals surface area contributed by atoms with Gasteiger partial charge in [-0.05, 0) is 77.4 Å². The number of hydrogen-bond donors (Lipinski definition) is 0. The van der Waals surface area contributed by atoms with Gasteiger partial charge in [0.1, 0.15) is 0 Å². The van der Waals surface area contributed by atoms with Gasteiger partial charge in [-0.2, -0.15) is 0 Å². The number of hydrogen-bond acceptors (Lipinski definition) is 3. The molecule has 0 bridgehead atoms. The van der Waals surface area contributed by atoms with Crippen molar-refractivity contribution >= 4 is 40.5 Å². The van der Waals surface area contributed by atoms with Crippen LogP contribution in [0, 0.1) is 10.5 Å². The van der Waals surface area contributed by atoms with Crippen LogP contribution in [0.4, 0.5) is 0 Å². The first-order chi connectivity index (χ1) is 11.5. The van der Waals surface area contributed by atoms with E-state index in [0.29, 0.717) is 11.6 Å². The molecule has 0 N–H and O–H groups in total. The molecule has 120 valence electrons. The summed E-state index contributed by atoms with van der Waals surface area (Å²) in [4.78, 5) is 16.4. The van der Waals surface area contributed by atoms with Gasteiger partial charge in [-0.15, -0.1) is 0 Å². The van der Waals surface area contributed by atoms with Crippen molar-refractivity contribution in [1.29, 1.82) is 0 Å². The maximum Gasteiger partial charge on any atom is 0.363 e. The highest BCUT2D eigenvalue weighted by molar-refractivity contribution is 14.1. The zero-order valence-electron chi connectivity index (χ0n) is 13.4. The number of aryl methyl sites for hydroxylation is 1. The van der Waals surface area contributed by atoms with Crippen molar-refractivity contribution < 1.29 is 9.53 Å². The fourth-order valence-electron chi connectivity index (χ4n) is 2.38. The lowest BCUT2D eigenvalue weighted by atomic mass is 10.1. The van der Waals surface area contributed by atoms with Crippen LogP contribution in [0.25, 0.3) is 6.08 Å². The fourth-order valence-corrected chi connectivity index (χ4v) is 2.72. The third kappa shape index (κ3) is 3.82. The van der Waals surface area contributed by atoms with Gasteiger partial charge in [-0.1, -0.05) is 36.4 Å². The average molecular weight is 429 g/mol. The molecule has 1 aliphatic rings. The molecule has 0 saturated heterocycles. The van der Waals surface area contributed by atoms with E-state index in [2.05, 4.69) is 27.6 Å². The first-order valence-corrected chi connectivity index (χ1v) is 8.63. The molecule has 3 nitrogen and oxygen atoms in total. The first-order valence-electron chi connectivity index (χ1n) is 7.55. The van der Waals surface area contributed by atoms with E-state index in [-0.39, 0.29) is 0 Å². The predicted octanol–water partition coefficient (Wildman–Crippen LogP) is 4.89. The number of rotatable bonds is 3. The molecule has 0 aromatic heterocycles. The maximum atomic E-state index is 12.1. The van der Waals surface area contributed by atoms with Crippen molar-refractivity contribution in [2.45, 2.75) is 13.8 Å². The zero-order valence-corrected chi connectivity index (χ0v) is 15.6. The summed E-state index contributed by atoms with van der Waals surface area (Å²) in [5.41, 5.74) is 4.29. The predicted molar refractivity (Wildman–Crippen MR) is 105 cm³/mol. The summed E-state index contributed by atoms with van der Waals surface area (Å²) in [5.74, 6) is -0.0553. The third-order valence-corrected chi connectivity index (χ3v) is 4.79. The lowest BCUT2D eigenvalue weighted by Gasteiger charge is -2.02. The van der Waals surface area contributed by atoms with Crippen molar-refractivity contribution in [1.82, 2.24) is 0 Å². The molecule has 1 aliphatic heterocycles. The van der Waals surface area contributed by atoms with Crippen LogP contribution >= 0.6 is 22.6 Å². The molecule has 24 heavy (non-hydrogen) atoms. The Bertz CT molecular complexity index is 880. The van der Waals surface area contributed by atoms with E-state index >= 15 is 0 Å². The molecule has 0 saturated carbocycles. The Hall–Kier alpha value is -2.21. The van der Waals surface area contributed by atoms with Crippen molar-refractivity contribution in [3.8, 4) is 0 Å². The second-order valence-electron chi connectivity index (χ2n) is 5.60. The van der Waals surface area contributed by atoms with Crippen LogP contribution in [0.5, 0.6) is 0 Å². The molecule has 0 amide bonds. The minimum Gasteiger partial charge on any atom is -0.402 e. The monoisotopic (exact) mass is 429 g/mol. The highest BCUT2D eigenvalue weighted by Crippen LogP contribution is 2.21. The Kier molecular flexibility index (Phi) is 4.94. The first kappa shape index (κ1) is 16.6. The summed E-state index contributed by atoms with van der Waals surface area (Å²) >= 11 is 2.27. The number of carbonyl (C=O) groups is 1. The van der Waals surface area contributed by atoms with E-state index in [1.807, 2.05) is 68.5 Å². The molecule has 0 spiro atoms. The molecule has 0 radical (unpaired) electrons. The molecule has 1 heterocycles. The van der Waals surface area contributed by atoms with Crippen molar-refractivity contribution in [2.24, 2.45) is 4.99 Å². The number of esters is 1. The van der Waals surface area contributed by atoms with E-state index in [0.717, 1.165) is 22.3 Å². The van der Waals surface area contributed by atoms with Crippen LogP contribution in [0.3, 0.4) is 0 Å². The minimum absolute atomic E-state index is 0.325. The van der Waals surface area contributed by atoms with Gasteiger partial charge in [-0.25, -0.2) is 9.79 Å². The summed E-state index contributed by atoms with van der Waals surface area (Å²) in [7, 11) is 0. The Morgan fingerprint density at radius 1 is 1.17 bits per heavy atom. The molecule has 3 rings (SSSR count). The number of nitrogens with zero attached hydrogens (tertiary/aromatic N) is 1. The van der Waals surface area contributed by atoms with Gasteiger partial charge < -0.3 is 4.74 Å². The number of benzene rings is 2. The van der Waals surface area contributed by atoms with E-state index in [1.165, 1.54) is 3.57 Å². The second-order valence-corrected chi connectivity index (χ2v) is 6.76. The summed E-state index contributed by atoms with van der Waals surface area (Å²) in [6.45, 7) is 3.96. The van der Waals surface area contributed by atoms with Gasteiger partial charge in [0, 0.05) is 9.13 Å². The lowest BCUT2D eigenvalue weighted by Crippen LogP contribution is -2.05. The molecular formula is C20H16INO2.